The van der Waals surface area contributed by atoms with Crippen molar-refractivity contribution in [2.24, 2.45) is 5.92 Å². The summed E-state index contributed by atoms with van der Waals surface area (Å²) in [5, 5.41) is 12.5. The van der Waals surface area contributed by atoms with E-state index in [1.54, 1.807) is 0 Å². The highest BCUT2D eigenvalue weighted by atomic mass is 16.3. The molecule has 0 amide bonds. The Morgan fingerprint density at radius 1 is 1.31 bits per heavy atom. The van der Waals surface area contributed by atoms with Gasteiger partial charge in [0.1, 0.15) is 0 Å². The van der Waals surface area contributed by atoms with E-state index in [4.69, 9.17) is 5.11 Å². The van der Waals surface area contributed by atoms with Gasteiger partial charge in [-0.15, -0.1) is 0 Å². The van der Waals surface area contributed by atoms with Gasteiger partial charge in [0.2, 0.25) is 0 Å². The minimum Gasteiger partial charge on any atom is -0.392 e. The summed E-state index contributed by atoms with van der Waals surface area (Å²) in [5.41, 5.74) is 0. The van der Waals surface area contributed by atoms with Crippen molar-refractivity contribution in [2.45, 2.75) is 58.1 Å². The number of hydrogen-bond acceptors (Lipinski definition) is 2. The first kappa shape index (κ1) is 11.0. The fourth-order valence-corrected chi connectivity index (χ4v) is 2.20. The van der Waals surface area contributed by atoms with Crippen molar-refractivity contribution >= 4 is 0 Å². The zero-order valence-electron chi connectivity index (χ0n) is 8.92. The monoisotopic (exact) mass is 185 g/mol. The molecule has 0 aliphatic heterocycles. The van der Waals surface area contributed by atoms with Crippen LogP contribution in [0, 0.1) is 5.92 Å². The second-order valence-corrected chi connectivity index (χ2v) is 4.54. The van der Waals surface area contributed by atoms with Gasteiger partial charge in [-0.2, -0.15) is 0 Å². The van der Waals surface area contributed by atoms with Crippen molar-refractivity contribution in [1.29, 1.82) is 0 Å². The van der Waals surface area contributed by atoms with Crippen LogP contribution in [0.3, 0.4) is 0 Å². The van der Waals surface area contributed by atoms with Gasteiger partial charge in [-0.3, -0.25) is 0 Å². The van der Waals surface area contributed by atoms with Crippen LogP contribution in [0.15, 0.2) is 0 Å². The molecule has 1 fully saturated rings. The Kier molecular flexibility index (Phi) is 4.74. The van der Waals surface area contributed by atoms with Crippen molar-refractivity contribution < 1.29 is 5.11 Å². The lowest BCUT2D eigenvalue weighted by molar-refractivity contribution is 0.184. The summed E-state index contributed by atoms with van der Waals surface area (Å²) in [6.07, 6.45) is 6.75. The lowest BCUT2D eigenvalue weighted by Crippen LogP contribution is -2.33. The first-order valence-corrected chi connectivity index (χ1v) is 5.60. The molecule has 0 bridgehead atoms. The SMILES string of the molecule is CC(O)CNC(C)CC1CCCC1. The highest BCUT2D eigenvalue weighted by molar-refractivity contribution is 4.73. The number of aliphatic hydroxyl groups excluding tert-OH is 1. The molecule has 1 aliphatic rings. The van der Waals surface area contributed by atoms with Crippen molar-refractivity contribution in [3.05, 3.63) is 0 Å². The van der Waals surface area contributed by atoms with E-state index in [0.29, 0.717) is 6.04 Å². The predicted octanol–water partition coefficient (Wildman–Crippen LogP) is 1.93. The number of hydrogen-bond donors (Lipinski definition) is 2. The second-order valence-electron chi connectivity index (χ2n) is 4.54. The van der Waals surface area contributed by atoms with Crippen LogP contribution in [0.1, 0.15) is 46.0 Å². The third-order valence-corrected chi connectivity index (χ3v) is 2.92. The zero-order chi connectivity index (χ0) is 9.68. The van der Waals surface area contributed by atoms with Crippen LogP contribution >= 0.6 is 0 Å². The minimum absolute atomic E-state index is 0.217. The molecule has 0 heterocycles. The van der Waals surface area contributed by atoms with Gasteiger partial charge in [0.15, 0.2) is 0 Å². The van der Waals surface area contributed by atoms with Crippen molar-refractivity contribution in [2.75, 3.05) is 6.54 Å². The highest BCUT2D eigenvalue weighted by Gasteiger charge is 2.17. The zero-order valence-corrected chi connectivity index (χ0v) is 8.92. The summed E-state index contributed by atoms with van der Waals surface area (Å²) < 4.78 is 0. The Hall–Kier alpha value is -0.0800. The molecule has 0 aromatic rings. The molecule has 1 aliphatic carbocycles. The third kappa shape index (κ3) is 4.63. The first-order chi connectivity index (χ1) is 6.18. The van der Waals surface area contributed by atoms with Gasteiger partial charge in [-0.1, -0.05) is 25.7 Å². The molecule has 2 atom stereocenters. The van der Waals surface area contributed by atoms with E-state index in [2.05, 4.69) is 12.2 Å². The topological polar surface area (TPSA) is 32.3 Å². The third-order valence-electron chi connectivity index (χ3n) is 2.92. The van der Waals surface area contributed by atoms with E-state index < -0.39 is 0 Å². The average molecular weight is 185 g/mol. The molecule has 0 spiro atoms. The molecule has 0 radical (unpaired) electrons. The Morgan fingerprint density at radius 2 is 1.92 bits per heavy atom. The molecule has 0 aromatic carbocycles. The Bertz CT molecular complexity index is 130. The second kappa shape index (κ2) is 5.61. The van der Waals surface area contributed by atoms with Gasteiger partial charge < -0.3 is 10.4 Å². The molecule has 2 N–H and O–H groups in total. The average Bonchev–Trinajstić information content (AvgIpc) is 2.53. The minimum atomic E-state index is -0.217. The molecule has 2 heteroatoms. The molecule has 2 nitrogen and oxygen atoms in total. The van der Waals surface area contributed by atoms with Gasteiger partial charge in [-0.05, 0) is 26.2 Å². The quantitative estimate of drug-likeness (QED) is 0.686. The smallest absolute Gasteiger partial charge is 0.0636 e. The maximum atomic E-state index is 9.10. The van der Waals surface area contributed by atoms with E-state index in [-0.39, 0.29) is 6.10 Å². The van der Waals surface area contributed by atoms with Gasteiger partial charge >= 0.3 is 0 Å². The normalized spacial score (nSPS) is 23.3. The Balaban J connectivity index is 2.05. The maximum Gasteiger partial charge on any atom is 0.0636 e. The molecule has 78 valence electrons. The molecule has 13 heavy (non-hydrogen) atoms. The summed E-state index contributed by atoms with van der Waals surface area (Å²) in [4.78, 5) is 0. The highest BCUT2D eigenvalue weighted by Crippen LogP contribution is 2.28. The van der Waals surface area contributed by atoms with Crippen LogP contribution in [0.5, 0.6) is 0 Å². The van der Waals surface area contributed by atoms with E-state index in [1.165, 1.54) is 32.1 Å². The molecule has 1 rings (SSSR count). The fourth-order valence-electron chi connectivity index (χ4n) is 2.20. The Labute approximate surface area is 81.7 Å². The lowest BCUT2D eigenvalue weighted by Gasteiger charge is -2.18. The molecular formula is C11H23NO. The lowest BCUT2D eigenvalue weighted by atomic mass is 9.99. The molecule has 0 aromatic heterocycles. The van der Waals surface area contributed by atoms with Crippen LogP contribution in [-0.2, 0) is 0 Å². The van der Waals surface area contributed by atoms with Crippen LogP contribution < -0.4 is 5.32 Å². The molecule has 0 saturated heterocycles. The van der Waals surface area contributed by atoms with E-state index in [9.17, 15) is 0 Å². The van der Waals surface area contributed by atoms with E-state index in [0.717, 1.165) is 12.5 Å². The van der Waals surface area contributed by atoms with Crippen LogP contribution in [0.4, 0.5) is 0 Å². The van der Waals surface area contributed by atoms with Gasteiger partial charge in [-0.25, -0.2) is 0 Å². The van der Waals surface area contributed by atoms with Gasteiger partial charge in [0.05, 0.1) is 6.10 Å². The number of rotatable bonds is 5. The Morgan fingerprint density at radius 3 is 2.46 bits per heavy atom. The summed E-state index contributed by atoms with van der Waals surface area (Å²) >= 11 is 0. The summed E-state index contributed by atoms with van der Waals surface area (Å²) in [6.45, 7) is 4.78. The van der Waals surface area contributed by atoms with Gasteiger partial charge in [0.25, 0.3) is 0 Å². The largest absolute Gasteiger partial charge is 0.392 e. The van der Waals surface area contributed by atoms with Crippen molar-refractivity contribution in [3.8, 4) is 0 Å². The van der Waals surface area contributed by atoms with Crippen LogP contribution in [0.2, 0.25) is 0 Å². The summed E-state index contributed by atoms with van der Waals surface area (Å²) in [7, 11) is 0. The molecule has 1 saturated carbocycles. The van der Waals surface area contributed by atoms with E-state index >= 15 is 0 Å². The number of nitrogens with one attached hydrogen (secondary N) is 1. The predicted molar refractivity (Wildman–Crippen MR) is 55.7 cm³/mol. The first-order valence-electron chi connectivity index (χ1n) is 5.60. The van der Waals surface area contributed by atoms with Crippen LogP contribution in [0.25, 0.3) is 0 Å². The molecule has 2 unspecified atom stereocenters. The summed E-state index contributed by atoms with van der Waals surface area (Å²) in [5.74, 6) is 0.941. The fraction of sp³-hybridized carbons (Fsp3) is 1.00. The maximum absolute atomic E-state index is 9.10. The van der Waals surface area contributed by atoms with Gasteiger partial charge in [0, 0.05) is 12.6 Å². The van der Waals surface area contributed by atoms with E-state index in [1.807, 2.05) is 6.92 Å². The standard InChI is InChI=1S/C11H23NO/c1-9(12-8-10(2)13)7-11-5-3-4-6-11/h9-13H,3-8H2,1-2H3. The van der Waals surface area contributed by atoms with Crippen molar-refractivity contribution in [3.63, 3.8) is 0 Å². The van der Waals surface area contributed by atoms with Crippen molar-refractivity contribution in [1.82, 2.24) is 5.32 Å². The van der Waals surface area contributed by atoms with Crippen LogP contribution in [-0.4, -0.2) is 23.8 Å². The molecular weight excluding hydrogens is 162 g/mol. The number of aliphatic hydroxyl groups is 1. The summed E-state index contributed by atoms with van der Waals surface area (Å²) in [6, 6.07) is 0.567.